The fourth-order valence-electron chi connectivity index (χ4n) is 1.39. The van der Waals surface area contributed by atoms with Gasteiger partial charge in [0.1, 0.15) is 4.60 Å². The van der Waals surface area contributed by atoms with Crippen molar-refractivity contribution in [1.29, 1.82) is 0 Å². The Morgan fingerprint density at radius 2 is 2.06 bits per heavy atom. The molecule has 4 heteroatoms. The lowest BCUT2D eigenvalue weighted by Gasteiger charge is -2.04. The van der Waals surface area contributed by atoms with E-state index in [9.17, 15) is 0 Å². The van der Waals surface area contributed by atoms with Crippen LogP contribution in [0.1, 0.15) is 11.3 Å². The van der Waals surface area contributed by atoms with E-state index in [-0.39, 0.29) is 0 Å². The summed E-state index contributed by atoms with van der Waals surface area (Å²) in [6.07, 6.45) is 1.85. The van der Waals surface area contributed by atoms with Gasteiger partial charge in [-0.15, -0.1) is 0 Å². The molecular weight excluding hydrogens is 332 g/mol. The molecule has 2 nitrogen and oxygen atoms in total. The van der Waals surface area contributed by atoms with E-state index in [0.29, 0.717) is 0 Å². The molecule has 0 saturated carbocycles. The van der Waals surface area contributed by atoms with Gasteiger partial charge in [-0.25, -0.2) is 4.98 Å². The van der Waals surface area contributed by atoms with Crippen LogP contribution in [0, 0.1) is 6.92 Å². The van der Waals surface area contributed by atoms with Crippen LogP contribution in [0.3, 0.4) is 0 Å². The van der Waals surface area contributed by atoms with E-state index in [1.807, 2.05) is 31.3 Å². The van der Waals surface area contributed by atoms with Crippen LogP contribution < -0.4 is 0 Å². The molecular formula is C12H10Br2N2. The molecule has 0 amide bonds. The largest absolute Gasteiger partial charge is 0.261 e. The highest BCUT2D eigenvalue weighted by molar-refractivity contribution is 9.10. The summed E-state index contributed by atoms with van der Waals surface area (Å²) in [5, 5.41) is 0.820. The summed E-state index contributed by atoms with van der Waals surface area (Å²) in [6.45, 7) is 1.97. The third-order valence-electron chi connectivity index (χ3n) is 2.22. The van der Waals surface area contributed by atoms with Crippen molar-refractivity contribution in [3.8, 4) is 11.3 Å². The summed E-state index contributed by atoms with van der Waals surface area (Å²) in [4.78, 5) is 8.71. The Bertz CT molecular complexity index is 495. The standard InChI is InChI=1S/C12H10Br2N2/c1-8-2-3-10(7-15-8)11-4-9(6-13)5-12(14)16-11/h2-5,7H,6H2,1H3. The summed E-state index contributed by atoms with van der Waals surface area (Å²) in [6, 6.07) is 8.09. The second kappa shape index (κ2) is 5.06. The van der Waals surface area contributed by atoms with Gasteiger partial charge in [-0.1, -0.05) is 15.9 Å². The Morgan fingerprint density at radius 3 is 2.69 bits per heavy atom. The summed E-state index contributed by atoms with van der Waals surface area (Å²) >= 11 is 6.86. The maximum absolute atomic E-state index is 4.44. The van der Waals surface area contributed by atoms with Gasteiger partial charge in [0.2, 0.25) is 0 Å². The Labute approximate surface area is 111 Å². The van der Waals surface area contributed by atoms with Gasteiger partial charge in [0.25, 0.3) is 0 Å². The highest BCUT2D eigenvalue weighted by Crippen LogP contribution is 2.22. The summed E-state index contributed by atoms with van der Waals surface area (Å²) in [5.74, 6) is 0. The topological polar surface area (TPSA) is 25.8 Å². The minimum Gasteiger partial charge on any atom is -0.261 e. The van der Waals surface area contributed by atoms with Crippen LogP contribution in [0.4, 0.5) is 0 Å². The Balaban J connectivity index is 2.47. The molecule has 2 aromatic heterocycles. The monoisotopic (exact) mass is 340 g/mol. The molecule has 0 unspecified atom stereocenters. The number of rotatable bonds is 2. The van der Waals surface area contributed by atoms with Gasteiger partial charge >= 0.3 is 0 Å². The number of hydrogen-bond donors (Lipinski definition) is 0. The minimum absolute atomic E-state index is 0.820. The first-order valence-electron chi connectivity index (χ1n) is 4.84. The predicted molar refractivity (Wildman–Crippen MR) is 72.5 cm³/mol. The van der Waals surface area contributed by atoms with E-state index in [1.165, 1.54) is 5.56 Å². The van der Waals surface area contributed by atoms with E-state index in [4.69, 9.17) is 0 Å². The fourth-order valence-corrected chi connectivity index (χ4v) is 2.20. The Hall–Kier alpha value is -0.740. The van der Waals surface area contributed by atoms with Gasteiger partial charge in [0.15, 0.2) is 0 Å². The molecule has 82 valence electrons. The molecule has 0 aliphatic heterocycles. The summed E-state index contributed by atoms with van der Waals surface area (Å²) < 4.78 is 0.847. The van der Waals surface area contributed by atoms with Crippen molar-refractivity contribution in [1.82, 2.24) is 9.97 Å². The average Bonchev–Trinajstić information content (AvgIpc) is 2.29. The predicted octanol–water partition coefficient (Wildman–Crippen LogP) is 4.11. The van der Waals surface area contributed by atoms with Crippen LogP contribution in [0.15, 0.2) is 35.1 Å². The van der Waals surface area contributed by atoms with Gasteiger partial charge in [-0.05, 0) is 52.7 Å². The Kier molecular flexibility index (Phi) is 3.71. The van der Waals surface area contributed by atoms with Crippen LogP contribution >= 0.6 is 31.9 Å². The van der Waals surface area contributed by atoms with Gasteiger partial charge in [-0.2, -0.15) is 0 Å². The van der Waals surface area contributed by atoms with Crippen molar-refractivity contribution >= 4 is 31.9 Å². The van der Waals surface area contributed by atoms with Crippen LogP contribution in [0.5, 0.6) is 0 Å². The van der Waals surface area contributed by atoms with Crippen LogP contribution in [0.2, 0.25) is 0 Å². The van der Waals surface area contributed by atoms with Crippen molar-refractivity contribution in [2.75, 3.05) is 0 Å². The van der Waals surface area contributed by atoms with E-state index in [1.54, 1.807) is 0 Å². The molecule has 0 aliphatic rings. The smallest absolute Gasteiger partial charge is 0.107 e. The average molecular weight is 342 g/mol. The zero-order valence-corrected chi connectivity index (χ0v) is 11.9. The molecule has 0 atom stereocenters. The molecule has 0 bridgehead atoms. The summed E-state index contributed by atoms with van der Waals surface area (Å²) in [7, 11) is 0. The molecule has 16 heavy (non-hydrogen) atoms. The normalized spacial score (nSPS) is 10.4. The molecule has 0 spiro atoms. The lowest BCUT2D eigenvalue weighted by Crippen LogP contribution is -1.89. The highest BCUT2D eigenvalue weighted by Gasteiger charge is 2.03. The Morgan fingerprint density at radius 1 is 1.25 bits per heavy atom. The minimum atomic E-state index is 0.820. The number of halogens is 2. The first-order valence-corrected chi connectivity index (χ1v) is 6.76. The third kappa shape index (κ3) is 2.68. The number of nitrogens with zero attached hydrogens (tertiary/aromatic N) is 2. The van der Waals surface area contributed by atoms with Gasteiger partial charge < -0.3 is 0 Å². The highest BCUT2D eigenvalue weighted by atomic mass is 79.9. The number of aromatic nitrogens is 2. The van der Waals surface area contributed by atoms with E-state index >= 15 is 0 Å². The molecule has 0 radical (unpaired) electrons. The number of hydrogen-bond acceptors (Lipinski definition) is 2. The van der Waals surface area contributed by atoms with E-state index < -0.39 is 0 Å². The molecule has 0 N–H and O–H groups in total. The second-order valence-corrected chi connectivity index (χ2v) is 4.88. The van der Waals surface area contributed by atoms with Crippen LogP contribution in [-0.4, -0.2) is 9.97 Å². The van der Waals surface area contributed by atoms with Crippen molar-refractivity contribution in [2.24, 2.45) is 0 Å². The maximum atomic E-state index is 4.44. The molecule has 2 heterocycles. The van der Waals surface area contributed by atoms with Gasteiger partial charge in [0.05, 0.1) is 5.69 Å². The zero-order valence-electron chi connectivity index (χ0n) is 8.74. The lowest BCUT2D eigenvalue weighted by atomic mass is 10.1. The number of alkyl halides is 1. The maximum Gasteiger partial charge on any atom is 0.107 e. The van der Waals surface area contributed by atoms with Crippen molar-refractivity contribution in [2.45, 2.75) is 12.3 Å². The molecule has 2 rings (SSSR count). The molecule has 0 aliphatic carbocycles. The van der Waals surface area contributed by atoms with Crippen LogP contribution in [-0.2, 0) is 5.33 Å². The van der Waals surface area contributed by atoms with Crippen LogP contribution in [0.25, 0.3) is 11.3 Å². The zero-order chi connectivity index (χ0) is 11.5. The number of aryl methyl sites for hydroxylation is 1. The first kappa shape index (κ1) is 11.7. The molecule has 0 fully saturated rings. The molecule has 2 aromatic rings. The van der Waals surface area contributed by atoms with Crippen molar-refractivity contribution in [3.05, 3.63) is 46.3 Å². The van der Waals surface area contributed by atoms with Crippen molar-refractivity contribution < 1.29 is 0 Å². The number of pyridine rings is 2. The quantitative estimate of drug-likeness (QED) is 0.606. The third-order valence-corrected chi connectivity index (χ3v) is 3.27. The van der Waals surface area contributed by atoms with Gasteiger partial charge in [-0.3, -0.25) is 4.98 Å². The van der Waals surface area contributed by atoms with E-state index in [0.717, 1.165) is 26.9 Å². The lowest BCUT2D eigenvalue weighted by molar-refractivity contribution is 1.18. The van der Waals surface area contributed by atoms with E-state index in [2.05, 4.69) is 47.9 Å². The fraction of sp³-hybridized carbons (Fsp3) is 0.167. The summed E-state index contributed by atoms with van der Waals surface area (Å²) in [5.41, 5.74) is 4.18. The van der Waals surface area contributed by atoms with Gasteiger partial charge in [0, 0.05) is 22.8 Å². The molecule has 0 aromatic carbocycles. The molecule has 0 saturated heterocycles. The second-order valence-electron chi connectivity index (χ2n) is 3.51. The SMILES string of the molecule is Cc1ccc(-c2cc(CBr)cc(Br)n2)cn1. The first-order chi connectivity index (χ1) is 7.69. The van der Waals surface area contributed by atoms with Crippen molar-refractivity contribution in [3.63, 3.8) is 0 Å².